The second-order valence-corrected chi connectivity index (χ2v) is 18.3. The van der Waals surface area contributed by atoms with Gasteiger partial charge in [0, 0.05) is 30.2 Å². The van der Waals surface area contributed by atoms with E-state index < -0.39 is 62.1 Å². The topological polar surface area (TPSA) is 171 Å². The molecule has 288 valence electrons. The normalized spacial score (nSPS) is 18.6. The van der Waals surface area contributed by atoms with Gasteiger partial charge in [0.05, 0.1) is 29.0 Å². The number of rotatable bonds is 12. The van der Waals surface area contributed by atoms with Crippen LogP contribution in [0.4, 0.5) is 0 Å². The predicted octanol–water partition coefficient (Wildman–Crippen LogP) is 4.08. The Morgan fingerprint density at radius 3 is 2.24 bits per heavy atom. The number of nitrogens with one attached hydrogen (secondary N) is 3. The highest BCUT2D eigenvalue weighted by Gasteiger charge is 2.42. The van der Waals surface area contributed by atoms with E-state index in [0.29, 0.717) is 5.52 Å². The van der Waals surface area contributed by atoms with Gasteiger partial charge in [-0.05, 0) is 75.3 Å². The van der Waals surface area contributed by atoms with Crippen molar-refractivity contribution >= 4 is 38.5 Å². The zero-order chi connectivity index (χ0) is 39.3. The van der Waals surface area contributed by atoms with E-state index in [9.17, 15) is 27.9 Å². The van der Waals surface area contributed by atoms with Crippen molar-refractivity contribution in [1.29, 1.82) is 0 Å². The third-order valence-corrected chi connectivity index (χ3v) is 11.7. The zero-order valence-electron chi connectivity index (χ0n) is 31.8. The highest BCUT2D eigenvalue weighted by Crippen LogP contribution is 2.29. The van der Waals surface area contributed by atoms with E-state index in [4.69, 9.17) is 0 Å². The Bertz CT molecular complexity index is 2030. The Kier molecular flexibility index (Phi) is 12.5. The standard InChI is InChI=1S/C41H52N6O6S/c1-40(2,3)36(45-37(49)31-20-19-28-16-10-11-17-30(28)43-31)39(51)44-32(24-27-14-8-7-9-15-27)34(48)26-47-23-21-29(25-33(47)38(50)46-41(4,5)6)54(52,53)35-18-12-13-22-42-35/h7-20,22,29,32-34,36,48H,21,23-26H2,1-6H3,(H,44,51)(H,45,49)(H,46,50)/t29-,32+,33?,34-,36?/m1/s1. The summed E-state index contributed by atoms with van der Waals surface area (Å²) >= 11 is 0. The number of pyridine rings is 2. The molecule has 13 heteroatoms. The summed E-state index contributed by atoms with van der Waals surface area (Å²) in [4.78, 5) is 51.9. The third kappa shape index (κ3) is 10.3. The van der Waals surface area contributed by atoms with Crippen LogP contribution in [-0.4, -0.2) is 94.2 Å². The lowest BCUT2D eigenvalue weighted by molar-refractivity contribution is -0.131. The van der Waals surface area contributed by atoms with Gasteiger partial charge < -0.3 is 21.1 Å². The highest BCUT2D eigenvalue weighted by atomic mass is 32.2. The lowest BCUT2D eigenvalue weighted by Gasteiger charge is -2.41. The van der Waals surface area contributed by atoms with E-state index in [1.807, 2.05) is 102 Å². The first-order valence-corrected chi connectivity index (χ1v) is 19.9. The molecule has 3 heterocycles. The smallest absolute Gasteiger partial charge is 0.270 e. The molecule has 1 aliphatic heterocycles. The Morgan fingerprint density at radius 1 is 0.889 bits per heavy atom. The van der Waals surface area contributed by atoms with E-state index in [2.05, 4.69) is 25.9 Å². The van der Waals surface area contributed by atoms with Crippen LogP contribution in [0.15, 0.2) is 96.2 Å². The fourth-order valence-corrected chi connectivity index (χ4v) is 8.42. The number of carbonyl (C=O) groups excluding carboxylic acids is 3. The number of carbonyl (C=O) groups is 3. The molecule has 2 aromatic carbocycles. The van der Waals surface area contributed by atoms with Crippen LogP contribution in [0.3, 0.4) is 0 Å². The molecule has 0 radical (unpaired) electrons. The fourth-order valence-electron chi connectivity index (χ4n) is 6.75. The number of likely N-dealkylation sites (tertiary alicyclic amines) is 1. The van der Waals surface area contributed by atoms with E-state index in [1.165, 1.54) is 12.3 Å². The molecule has 2 aromatic heterocycles. The van der Waals surface area contributed by atoms with Gasteiger partial charge in [0.25, 0.3) is 5.91 Å². The van der Waals surface area contributed by atoms with E-state index in [0.717, 1.165) is 10.9 Å². The summed E-state index contributed by atoms with van der Waals surface area (Å²) in [6, 6.07) is 22.3. The lowest BCUT2D eigenvalue weighted by atomic mass is 9.85. The maximum absolute atomic E-state index is 14.2. The molecule has 1 aliphatic rings. The minimum absolute atomic E-state index is 0.00416. The molecule has 0 spiro atoms. The maximum atomic E-state index is 14.2. The molecule has 12 nitrogen and oxygen atoms in total. The molecule has 5 rings (SSSR count). The van der Waals surface area contributed by atoms with Gasteiger partial charge >= 0.3 is 0 Å². The second kappa shape index (κ2) is 16.7. The molecule has 3 amide bonds. The minimum Gasteiger partial charge on any atom is -0.390 e. The molecule has 4 N–H and O–H groups in total. The first-order valence-electron chi connectivity index (χ1n) is 18.3. The van der Waals surface area contributed by atoms with Crippen LogP contribution >= 0.6 is 0 Å². The van der Waals surface area contributed by atoms with E-state index >= 15 is 0 Å². The second-order valence-electron chi connectivity index (χ2n) is 16.1. The van der Waals surface area contributed by atoms with Crippen LogP contribution < -0.4 is 16.0 Å². The van der Waals surface area contributed by atoms with E-state index in [1.54, 1.807) is 23.1 Å². The molecule has 4 aromatic rings. The van der Waals surface area contributed by atoms with Gasteiger partial charge in [0.15, 0.2) is 14.9 Å². The van der Waals surface area contributed by atoms with Crippen molar-refractivity contribution in [3.8, 4) is 0 Å². The summed E-state index contributed by atoms with van der Waals surface area (Å²) in [6.45, 7) is 11.3. The Balaban J connectivity index is 1.38. The van der Waals surface area contributed by atoms with Gasteiger partial charge in [0.1, 0.15) is 11.7 Å². The Hall–Kier alpha value is -4.72. The van der Waals surface area contributed by atoms with Crippen molar-refractivity contribution in [2.45, 2.75) is 101 Å². The summed E-state index contributed by atoms with van der Waals surface area (Å²) in [6.07, 6.45) is 0.737. The third-order valence-electron chi connectivity index (χ3n) is 9.58. The summed E-state index contributed by atoms with van der Waals surface area (Å²) in [5, 5.41) is 20.8. The number of sulfone groups is 1. The highest BCUT2D eigenvalue weighted by molar-refractivity contribution is 7.92. The maximum Gasteiger partial charge on any atom is 0.270 e. The number of hydrogen-bond acceptors (Lipinski definition) is 9. The predicted molar refractivity (Wildman–Crippen MR) is 208 cm³/mol. The molecular formula is C41H52N6O6S. The molecular weight excluding hydrogens is 705 g/mol. The number of aromatic nitrogens is 2. The van der Waals surface area contributed by atoms with E-state index in [-0.39, 0.29) is 49.0 Å². The summed E-state index contributed by atoms with van der Waals surface area (Å²) < 4.78 is 27.3. The molecule has 0 bridgehead atoms. The van der Waals surface area contributed by atoms with Crippen LogP contribution in [0.2, 0.25) is 0 Å². The molecule has 0 saturated carbocycles. The Morgan fingerprint density at radius 2 is 1.57 bits per heavy atom. The quantitative estimate of drug-likeness (QED) is 0.166. The molecule has 0 aliphatic carbocycles. The van der Waals surface area contributed by atoms with Crippen molar-refractivity contribution in [3.05, 3.63) is 102 Å². The van der Waals surface area contributed by atoms with Crippen molar-refractivity contribution in [1.82, 2.24) is 30.8 Å². The van der Waals surface area contributed by atoms with Crippen LogP contribution in [0.25, 0.3) is 10.9 Å². The molecule has 1 fully saturated rings. The minimum atomic E-state index is -3.84. The van der Waals surface area contributed by atoms with Crippen LogP contribution in [0.5, 0.6) is 0 Å². The van der Waals surface area contributed by atoms with Crippen molar-refractivity contribution in [3.63, 3.8) is 0 Å². The number of fused-ring (bicyclic) bond motifs is 1. The molecule has 1 saturated heterocycles. The monoisotopic (exact) mass is 756 g/mol. The number of piperidine rings is 1. The number of nitrogens with zero attached hydrogens (tertiary/aromatic N) is 3. The van der Waals surface area contributed by atoms with Crippen LogP contribution in [-0.2, 0) is 25.8 Å². The molecule has 5 atom stereocenters. The number of hydrogen-bond donors (Lipinski definition) is 4. The lowest BCUT2D eigenvalue weighted by Crippen LogP contribution is -2.61. The number of aliphatic hydroxyl groups excluding tert-OH is 1. The molecule has 2 unspecified atom stereocenters. The fraction of sp³-hybridized carbons (Fsp3) is 0.439. The van der Waals surface area contributed by atoms with Gasteiger partial charge in [-0.2, -0.15) is 0 Å². The first-order chi connectivity index (χ1) is 25.4. The Labute approximate surface area is 318 Å². The van der Waals surface area contributed by atoms with Crippen LogP contribution in [0, 0.1) is 5.41 Å². The van der Waals surface area contributed by atoms with Crippen molar-refractivity contribution < 1.29 is 27.9 Å². The van der Waals surface area contributed by atoms with Crippen molar-refractivity contribution in [2.75, 3.05) is 13.1 Å². The average molecular weight is 757 g/mol. The van der Waals surface area contributed by atoms with Gasteiger partial charge in [-0.3, -0.25) is 19.3 Å². The first kappa shape index (κ1) is 40.5. The zero-order valence-corrected chi connectivity index (χ0v) is 32.6. The number of benzene rings is 2. The average Bonchev–Trinajstić information content (AvgIpc) is 3.12. The summed E-state index contributed by atoms with van der Waals surface area (Å²) in [7, 11) is -3.84. The van der Waals surface area contributed by atoms with Crippen molar-refractivity contribution in [2.24, 2.45) is 5.41 Å². The van der Waals surface area contributed by atoms with Gasteiger partial charge in [-0.25, -0.2) is 18.4 Å². The van der Waals surface area contributed by atoms with Gasteiger partial charge in [-0.15, -0.1) is 0 Å². The van der Waals surface area contributed by atoms with Gasteiger partial charge in [0.2, 0.25) is 11.8 Å². The summed E-state index contributed by atoms with van der Waals surface area (Å²) in [5.41, 5.74) is 0.370. The van der Waals surface area contributed by atoms with Gasteiger partial charge in [-0.1, -0.05) is 81.4 Å². The summed E-state index contributed by atoms with van der Waals surface area (Å²) in [5.74, 6) is -1.34. The SMILES string of the molecule is CC(C)(C)NC(=O)C1C[C@H](S(=O)(=O)c2ccccn2)CCN1C[C@@H](O)[C@H](Cc1ccccc1)NC(=O)C(NC(=O)c1ccc2ccccc2n1)C(C)(C)C. The van der Waals surface area contributed by atoms with Crippen LogP contribution in [0.1, 0.15) is 70.4 Å². The number of β-amino-alcohol motifs (C(OH)–C–C–N with tert-alkyl or cyclic N) is 1. The largest absolute Gasteiger partial charge is 0.390 e. The molecule has 54 heavy (non-hydrogen) atoms. The number of aliphatic hydroxyl groups is 1. The number of amides is 3. The number of para-hydroxylation sites is 1.